The summed E-state index contributed by atoms with van der Waals surface area (Å²) in [7, 11) is 0. The number of aliphatic imine (C=N–C) groups is 1. The maximum atomic E-state index is 4.77. The highest BCUT2D eigenvalue weighted by molar-refractivity contribution is 7.18. The Kier molecular flexibility index (Phi) is 2.91. The molecule has 0 spiro atoms. The largest absolute Gasteiger partial charge is 0.338 e. The predicted molar refractivity (Wildman–Crippen MR) is 92.7 cm³/mol. The number of rotatable bonds is 4. The zero-order valence-electron chi connectivity index (χ0n) is 12.5. The Bertz CT molecular complexity index is 926. The molecule has 3 heterocycles. The monoisotopic (exact) mass is 321 g/mol. The summed E-state index contributed by atoms with van der Waals surface area (Å²) in [5.74, 6) is 1.61. The Morgan fingerprint density at radius 2 is 2.17 bits per heavy atom. The Labute approximate surface area is 137 Å². The van der Waals surface area contributed by atoms with Gasteiger partial charge in [0.2, 0.25) is 0 Å². The van der Waals surface area contributed by atoms with Crippen LogP contribution in [0.25, 0.3) is 10.3 Å². The van der Waals surface area contributed by atoms with Gasteiger partial charge in [-0.2, -0.15) is 0 Å². The molecule has 114 valence electrons. The summed E-state index contributed by atoms with van der Waals surface area (Å²) in [6.07, 6.45) is 7.29. The molecule has 0 amide bonds. The van der Waals surface area contributed by atoms with E-state index in [9.17, 15) is 0 Å². The van der Waals surface area contributed by atoms with Gasteiger partial charge in [0.25, 0.3) is 0 Å². The van der Waals surface area contributed by atoms with Crippen LogP contribution in [-0.2, 0) is 13.0 Å². The lowest BCUT2D eigenvalue weighted by molar-refractivity contribution is 0.826. The van der Waals surface area contributed by atoms with E-state index in [1.807, 2.05) is 6.21 Å². The third-order valence-electron chi connectivity index (χ3n) is 4.30. The van der Waals surface area contributed by atoms with Crippen LogP contribution >= 0.6 is 11.3 Å². The van der Waals surface area contributed by atoms with E-state index in [1.165, 1.54) is 29.0 Å². The first-order valence-electron chi connectivity index (χ1n) is 7.85. The van der Waals surface area contributed by atoms with Gasteiger partial charge in [-0.05, 0) is 42.0 Å². The topological polar surface area (TPSA) is 63.1 Å². The van der Waals surface area contributed by atoms with E-state index < -0.39 is 0 Å². The van der Waals surface area contributed by atoms with Crippen LogP contribution < -0.4 is 5.32 Å². The van der Waals surface area contributed by atoms with Gasteiger partial charge in [-0.15, -0.1) is 0 Å². The van der Waals surface area contributed by atoms with Crippen LogP contribution in [0.4, 0.5) is 11.5 Å². The highest BCUT2D eigenvalue weighted by Gasteiger charge is 2.23. The fraction of sp³-hybridized carbons (Fsp3) is 0.294. The molecule has 2 aliphatic rings. The van der Waals surface area contributed by atoms with Crippen LogP contribution in [0.1, 0.15) is 29.0 Å². The number of aromatic nitrogens is 3. The molecule has 1 saturated carbocycles. The maximum Gasteiger partial charge on any atom is 0.161 e. The van der Waals surface area contributed by atoms with Gasteiger partial charge in [0.1, 0.15) is 16.7 Å². The number of thiazole rings is 1. The first-order chi connectivity index (χ1) is 11.3. The molecule has 5 rings (SSSR count). The minimum absolute atomic E-state index is 0.781. The second-order valence-electron chi connectivity index (χ2n) is 6.14. The van der Waals surface area contributed by atoms with Gasteiger partial charge in [-0.1, -0.05) is 17.4 Å². The lowest BCUT2D eigenvalue weighted by Crippen LogP contribution is -1.97. The Morgan fingerprint density at radius 3 is 3.09 bits per heavy atom. The molecule has 1 aliphatic carbocycles. The van der Waals surface area contributed by atoms with E-state index >= 15 is 0 Å². The van der Waals surface area contributed by atoms with Gasteiger partial charge in [0.15, 0.2) is 5.82 Å². The number of benzene rings is 1. The highest BCUT2D eigenvalue weighted by Crippen LogP contribution is 2.35. The summed E-state index contributed by atoms with van der Waals surface area (Å²) in [6, 6.07) is 6.29. The summed E-state index contributed by atoms with van der Waals surface area (Å²) in [4.78, 5) is 18.8. The van der Waals surface area contributed by atoms with Crippen molar-refractivity contribution in [2.24, 2.45) is 10.9 Å². The Hall–Kier alpha value is -2.34. The molecular weight excluding hydrogens is 306 g/mol. The summed E-state index contributed by atoms with van der Waals surface area (Å²) < 4.78 is 0. The number of hydrogen-bond donors (Lipinski definition) is 1. The fourth-order valence-electron chi connectivity index (χ4n) is 2.86. The Morgan fingerprint density at radius 1 is 1.22 bits per heavy atom. The summed E-state index contributed by atoms with van der Waals surface area (Å²) >= 11 is 1.69. The average Bonchev–Trinajstić information content (AvgIpc) is 3.08. The quantitative estimate of drug-likeness (QED) is 0.795. The van der Waals surface area contributed by atoms with Crippen molar-refractivity contribution in [1.29, 1.82) is 0 Å². The van der Waals surface area contributed by atoms with Crippen molar-refractivity contribution in [3.05, 3.63) is 40.7 Å². The maximum absolute atomic E-state index is 4.77. The van der Waals surface area contributed by atoms with Crippen molar-refractivity contribution in [1.82, 2.24) is 15.0 Å². The smallest absolute Gasteiger partial charge is 0.161 e. The molecule has 2 aromatic heterocycles. The van der Waals surface area contributed by atoms with Gasteiger partial charge in [0, 0.05) is 18.3 Å². The molecule has 1 aromatic carbocycles. The van der Waals surface area contributed by atoms with Crippen molar-refractivity contribution < 1.29 is 0 Å². The van der Waals surface area contributed by atoms with Crippen molar-refractivity contribution >= 4 is 39.4 Å². The zero-order chi connectivity index (χ0) is 15.2. The first-order valence-corrected chi connectivity index (χ1v) is 8.67. The molecule has 1 aliphatic heterocycles. The van der Waals surface area contributed by atoms with E-state index in [0.29, 0.717) is 0 Å². The van der Waals surface area contributed by atoms with Gasteiger partial charge in [-0.25, -0.2) is 15.0 Å². The molecule has 1 fully saturated rings. The highest BCUT2D eigenvalue weighted by atomic mass is 32.1. The van der Waals surface area contributed by atoms with Crippen LogP contribution in [-0.4, -0.2) is 21.2 Å². The molecule has 0 saturated heterocycles. The van der Waals surface area contributed by atoms with Crippen molar-refractivity contribution in [2.75, 3.05) is 5.32 Å². The summed E-state index contributed by atoms with van der Waals surface area (Å²) in [6.45, 7) is 0.782. The average molecular weight is 321 g/mol. The van der Waals surface area contributed by atoms with Gasteiger partial charge in [-0.3, -0.25) is 4.99 Å². The van der Waals surface area contributed by atoms with Gasteiger partial charge in [0.05, 0.1) is 11.6 Å². The van der Waals surface area contributed by atoms with Crippen LogP contribution in [0.2, 0.25) is 0 Å². The molecule has 23 heavy (non-hydrogen) atoms. The molecule has 6 heteroatoms. The van der Waals surface area contributed by atoms with E-state index in [-0.39, 0.29) is 0 Å². The van der Waals surface area contributed by atoms with E-state index in [4.69, 9.17) is 4.98 Å². The molecule has 5 nitrogen and oxygen atoms in total. The predicted octanol–water partition coefficient (Wildman–Crippen LogP) is 3.71. The standard InChI is InChI=1S/C17H15N5S/c1-2-10(1)5-14-22-15-16(19-9-20-17(15)23-14)21-13-4-3-11-7-18-8-12(11)6-13/h3-4,6,8-10H,1-2,5,7H2,(H,19,20,21). The molecule has 3 aromatic rings. The summed E-state index contributed by atoms with van der Waals surface area (Å²) in [5, 5.41) is 4.56. The number of hydrogen-bond acceptors (Lipinski definition) is 6. The van der Waals surface area contributed by atoms with Crippen molar-refractivity contribution in [3.63, 3.8) is 0 Å². The molecular formula is C17H15N5S. The third kappa shape index (κ3) is 2.49. The fourth-order valence-corrected chi connectivity index (χ4v) is 3.88. The van der Waals surface area contributed by atoms with Crippen LogP contribution in [0.15, 0.2) is 29.5 Å². The molecule has 0 bridgehead atoms. The number of anilines is 2. The minimum Gasteiger partial charge on any atom is -0.338 e. The number of nitrogens with zero attached hydrogens (tertiary/aromatic N) is 4. The summed E-state index contributed by atoms with van der Waals surface area (Å²) in [5.41, 5.74) is 4.33. The Balaban J connectivity index is 1.49. The number of nitrogens with one attached hydrogen (secondary N) is 1. The third-order valence-corrected chi connectivity index (χ3v) is 5.29. The number of fused-ring (bicyclic) bond motifs is 2. The van der Waals surface area contributed by atoms with E-state index in [0.717, 1.165) is 40.7 Å². The minimum atomic E-state index is 0.781. The SMILES string of the molecule is C1=NCc2ccc(Nc3ncnc4sc(CC5CC5)nc34)cc21. The van der Waals surface area contributed by atoms with Gasteiger partial charge >= 0.3 is 0 Å². The lowest BCUT2D eigenvalue weighted by atomic mass is 10.1. The van der Waals surface area contributed by atoms with Crippen molar-refractivity contribution in [3.8, 4) is 0 Å². The molecule has 1 N–H and O–H groups in total. The van der Waals surface area contributed by atoms with Gasteiger partial charge < -0.3 is 5.32 Å². The van der Waals surface area contributed by atoms with Crippen molar-refractivity contribution in [2.45, 2.75) is 25.8 Å². The molecule has 0 radical (unpaired) electrons. The lowest BCUT2D eigenvalue weighted by Gasteiger charge is -2.07. The normalized spacial score (nSPS) is 16.0. The van der Waals surface area contributed by atoms with Crippen LogP contribution in [0.5, 0.6) is 0 Å². The van der Waals surface area contributed by atoms with E-state index in [1.54, 1.807) is 17.7 Å². The van der Waals surface area contributed by atoms with Crippen LogP contribution in [0, 0.1) is 5.92 Å². The second-order valence-corrected chi connectivity index (χ2v) is 7.20. The molecule has 0 unspecified atom stereocenters. The first kappa shape index (κ1) is 13.1. The van der Waals surface area contributed by atoms with E-state index in [2.05, 4.69) is 38.5 Å². The zero-order valence-corrected chi connectivity index (χ0v) is 13.3. The second kappa shape index (κ2) is 5.09. The van der Waals surface area contributed by atoms with Crippen LogP contribution in [0.3, 0.4) is 0 Å². The molecule has 0 atom stereocenters.